The third kappa shape index (κ3) is 3.87. The number of fused-ring (bicyclic) bond motifs is 1. The Labute approximate surface area is 158 Å². The minimum atomic E-state index is 0.798. The van der Waals surface area contributed by atoms with E-state index in [-0.39, 0.29) is 0 Å². The Kier molecular flexibility index (Phi) is 5.85. The molecule has 0 saturated heterocycles. The molecule has 1 aliphatic heterocycles. The van der Waals surface area contributed by atoms with Crippen LogP contribution in [0.4, 0.5) is 11.5 Å². The van der Waals surface area contributed by atoms with Gasteiger partial charge in [0.15, 0.2) is 0 Å². The van der Waals surface area contributed by atoms with Crippen LogP contribution in [0, 0.1) is 27.7 Å². The molecule has 26 heavy (non-hydrogen) atoms. The number of nitrogens with zero attached hydrogens (tertiary/aromatic N) is 2. The second-order valence-corrected chi connectivity index (χ2v) is 7.62. The molecule has 0 atom stereocenters. The van der Waals surface area contributed by atoms with E-state index < -0.39 is 0 Å². The second-order valence-electron chi connectivity index (χ2n) is 7.62. The van der Waals surface area contributed by atoms with Crippen LogP contribution in [-0.2, 0) is 6.42 Å². The summed E-state index contributed by atoms with van der Waals surface area (Å²) in [5, 5.41) is 0. The highest BCUT2D eigenvalue weighted by Crippen LogP contribution is 2.40. The molecule has 2 aromatic rings. The smallest absolute Gasteiger partial charge is 0.140 e. The van der Waals surface area contributed by atoms with E-state index in [4.69, 9.17) is 9.72 Å². The maximum absolute atomic E-state index is 6.18. The number of hydrogen-bond donors (Lipinski definition) is 0. The molecule has 1 aliphatic rings. The van der Waals surface area contributed by atoms with Crippen molar-refractivity contribution in [2.24, 2.45) is 0 Å². The average Bonchev–Trinajstić information content (AvgIpc) is 2.58. The van der Waals surface area contributed by atoms with Crippen LogP contribution in [0.5, 0.6) is 5.75 Å². The molecule has 140 valence electrons. The Bertz CT molecular complexity index is 759. The first-order valence-corrected chi connectivity index (χ1v) is 10.00. The molecule has 0 radical (unpaired) electrons. The fourth-order valence-electron chi connectivity index (χ4n) is 4.11. The lowest BCUT2D eigenvalue weighted by molar-refractivity contribution is 0.302. The van der Waals surface area contributed by atoms with Gasteiger partial charge in [0.25, 0.3) is 0 Å². The minimum absolute atomic E-state index is 0.798. The van der Waals surface area contributed by atoms with E-state index in [0.29, 0.717) is 0 Å². The van der Waals surface area contributed by atoms with E-state index in [1.807, 2.05) is 0 Å². The lowest BCUT2D eigenvalue weighted by atomic mass is 9.99. The number of aromatic nitrogens is 1. The molecule has 0 saturated carbocycles. The van der Waals surface area contributed by atoms with Gasteiger partial charge in [0.05, 0.1) is 6.61 Å². The highest BCUT2D eigenvalue weighted by atomic mass is 16.5. The van der Waals surface area contributed by atoms with Crippen molar-refractivity contribution in [1.29, 1.82) is 0 Å². The zero-order valence-corrected chi connectivity index (χ0v) is 17.0. The molecule has 0 aliphatic carbocycles. The monoisotopic (exact) mass is 352 g/mol. The highest BCUT2D eigenvalue weighted by Gasteiger charge is 2.25. The lowest BCUT2D eigenvalue weighted by Crippen LogP contribution is -2.28. The normalized spacial score (nSPS) is 13.7. The Hall–Kier alpha value is -2.03. The van der Waals surface area contributed by atoms with Crippen molar-refractivity contribution in [3.63, 3.8) is 0 Å². The van der Waals surface area contributed by atoms with E-state index >= 15 is 0 Å². The molecule has 0 amide bonds. The van der Waals surface area contributed by atoms with Gasteiger partial charge in [-0.05, 0) is 58.1 Å². The summed E-state index contributed by atoms with van der Waals surface area (Å²) in [5.41, 5.74) is 7.58. The Morgan fingerprint density at radius 2 is 1.77 bits per heavy atom. The van der Waals surface area contributed by atoms with Crippen LogP contribution in [-0.4, -0.2) is 18.1 Å². The van der Waals surface area contributed by atoms with Gasteiger partial charge in [-0.25, -0.2) is 4.98 Å². The topological polar surface area (TPSA) is 25.4 Å². The summed E-state index contributed by atoms with van der Waals surface area (Å²) in [5.74, 6) is 2.13. The SMILES string of the molecule is CCCCCOc1cc(C)nc2c1CCCN2c1c(C)cc(C)cc1C. The zero-order chi connectivity index (χ0) is 18.7. The van der Waals surface area contributed by atoms with E-state index in [1.54, 1.807) is 0 Å². The predicted octanol–water partition coefficient (Wildman–Crippen LogP) is 5.97. The molecule has 0 N–H and O–H groups in total. The fourth-order valence-corrected chi connectivity index (χ4v) is 4.11. The van der Waals surface area contributed by atoms with Crippen LogP contribution < -0.4 is 9.64 Å². The summed E-state index contributed by atoms with van der Waals surface area (Å²) in [6, 6.07) is 6.66. The standard InChI is InChI=1S/C23H32N2O/c1-6-7-8-12-26-21-15-19(5)24-23-20(21)10-9-11-25(23)22-17(3)13-16(2)14-18(22)4/h13-15H,6-12H2,1-5H3. The second kappa shape index (κ2) is 8.11. The van der Waals surface area contributed by atoms with Gasteiger partial charge in [-0.1, -0.05) is 37.5 Å². The van der Waals surface area contributed by atoms with Crippen LogP contribution >= 0.6 is 0 Å². The van der Waals surface area contributed by atoms with Gasteiger partial charge in [-0.3, -0.25) is 0 Å². The zero-order valence-electron chi connectivity index (χ0n) is 17.0. The van der Waals surface area contributed by atoms with Crippen molar-refractivity contribution in [1.82, 2.24) is 4.98 Å². The summed E-state index contributed by atoms with van der Waals surface area (Å²) in [6.45, 7) is 12.7. The van der Waals surface area contributed by atoms with Gasteiger partial charge in [-0.15, -0.1) is 0 Å². The van der Waals surface area contributed by atoms with Gasteiger partial charge in [-0.2, -0.15) is 0 Å². The number of ether oxygens (including phenoxy) is 1. The lowest BCUT2D eigenvalue weighted by Gasteiger charge is -2.33. The quantitative estimate of drug-likeness (QED) is 0.599. The summed E-state index contributed by atoms with van der Waals surface area (Å²) < 4.78 is 6.18. The maximum Gasteiger partial charge on any atom is 0.140 e. The first-order valence-electron chi connectivity index (χ1n) is 10.00. The Morgan fingerprint density at radius 3 is 2.46 bits per heavy atom. The molecule has 0 spiro atoms. The van der Waals surface area contributed by atoms with Gasteiger partial charge in [0, 0.05) is 29.6 Å². The number of hydrogen-bond acceptors (Lipinski definition) is 3. The van der Waals surface area contributed by atoms with Crippen molar-refractivity contribution in [3.8, 4) is 5.75 Å². The van der Waals surface area contributed by atoms with Crippen LogP contribution in [0.2, 0.25) is 0 Å². The number of anilines is 2. The number of aryl methyl sites for hydroxylation is 4. The van der Waals surface area contributed by atoms with Crippen molar-refractivity contribution in [3.05, 3.63) is 46.1 Å². The summed E-state index contributed by atoms with van der Waals surface area (Å²) >= 11 is 0. The van der Waals surface area contributed by atoms with Crippen molar-refractivity contribution in [2.45, 2.75) is 66.7 Å². The molecular formula is C23H32N2O. The molecule has 0 unspecified atom stereocenters. The largest absolute Gasteiger partial charge is 0.493 e. The minimum Gasteiger partial charge on any atom is -0.493 e. The molecule has 2 heterocycles. The van der Waals surface area contributed by atoms with Gasteiger partial charge < -0.3 is 9.64 Å². The van der Waals surface area contributed by atoms with Crippen molar-refractivity contribution in [2.75, 3.05) is 18.1 Å². The summed E-state index contributed by atoms with van der Waals surface area (Å²) in [4.78, 5) is 7.34. The number of rotatable bonds is 6. The molecule has 1 aromatic heterocycles. The maximum atomic E-state index is 6.18. The number of benzene rings is 1. The summed E-state index contributed by atoms with van der Waals surface area (Å²) in [6.07, 6.45) is 5.74. The molecule has 3 rings (SSSR count). The molecule has 0 fully saturated rings. The van der Waals surface area contributed by atoms with Crippen molar-refractivity contribution < 1.29 is 4.74 Å². The van der Waals surface area contributed by atoms with Crippen LogP contribution in [0.3, 0.4) is 0 Å². The highest BCUT2D eigenvalue weighted by molar-refractivity contribution is 5.72. The average molecular weight is 353 g/mol. The van der Waals surface area contributed by atoms with Crippen molar-refractivity contribution >= 4 is 11.5 Å². The van der Waals surface area contributed by atoms with E-state index in [2.05, 4.69) is 57.7 Å². The number of pyridine rings is 1. The summed E-state index contributed by atoms with van der Waals surface area (Å²) in [7, 11) is 0. The molecule has 3 heteroatoms. The molecular weight excluding hydrogens is 320 g/mol. The van der Waals surface area contributed by atoms with Crippen LogP contribution in [0.25, 0.3) is 0 Å². The third-order valence-electron chi connectivity index (χ3n) is 5.16. The van der Waals surface area contributed by atoms with Gasteiger partial charge in [0.1, 0.15) is 11.6 Å². The Morgan fingerprint density at radius 1 is 1.04 bits per heavy atom. The van der Waals surface area contributed by atoms with E-state index in [0.717, 1.165) is 49.7 Å². The Balaban J connectivity index is 1.98. The van der Waals surface area contributed by atoms with Gasteiger partial charge in [0.2, 0.25) is 0 Å². The van der Waals surface area contributed by atoms with E-state index in [1.165, 1.54) is 40.8 Å². The van der Waals surface area contributed by atoms with Crippen LogP contribution in [0.15, 0.2) is 18.2 Å². The first kappa shape index (κ1) is 18.8. The van der Waals surface area contributed by atoms with Gasteiger partial charge >= 0.3 is 0 Å². The third-order valence-corrected chi connectivity index (χ3v) is 5.16. The predicted molar refractivity (Wildman–Crippen MR) is 110 cm³/mol. The number of unbranched alkanes of at least 4 members (excludes halogenated alkanes) is 2. The molecule has 0 bridgehead atoms. The molecule has 1 aromatic carbocycles. The first-order chi connectivity index (χ1) is 12.5. The van der Waals surface area contributed by atoms with E-state index in [9.17, 15) is 0 Å². The van der Waals surface area contributed by atoms with Crippen LogP contribution in [0.1, 0.15) is 60.6 Å². The molecule has 3 nitrogen and oxygen atoms in total. The fraction of sp³-hybridized carbons (Fsp3) is 0.522.